The predicted molar refractivity (Wildman–Crippen MR) is 140 cm³/mol. The number of rotatable bonds is 11. The summed E-state index contributed by atoms with van der Waals surface area (Å²) in [7, 11) is 1.55. The lowest BCUT2D eigenvalue weighted by atomic mass is 9.99. The highest BCUT2D eigenvalue weighted by molar-refractivity contribution is 5.96. The molecule has 0 fully saturated rings. The molecule has 8 heteroatoms. The second-order valence-electron chi connectivity index (χ2n) is 8.37. The van der Waals surface area contributed by atoms with Gasteiger partial charge in [-0.05, 0) is 59.8 Å². The number of carboxylic acids is 1. The normalized spacial score (nSPS) is 12.1. The first-order chi connectivity index (χ1) is 17.9. The van der Waals surface area contributed by atoms with Crippen LogP contribution in [0, 0.1) is 0 Å². The highest BCUT2D eigenvalue weighted by Crippen LogP contribution is 2.37. The Morgan fingerprint density at radius 1 is 0.946 bits per heavy atom. The standard InChI is InChI=1S/C29H28N2O6/c1-19(35-2)37-28-18-27(26(17-29(33)34)24-5-3-4-6-25(24)28)31-30-21-9-7-20(8-10-21)15-16-36-23-13-11-22(32)12-14-23/h3-14,18-19,32H,15-17H2,1-2H3,(H,33,34). The van der Waals surface area contributed by atoms with Crippen LogP contribution in [0.2, 0.25) is 0 Å². The Labute approximate surface area is 214 Å². The average molecular weight is 501 g/mol. The van der Waals surface area contributed by atoms with Crippen molar-refractivity contribution in [3.05, 3.63) is 90.0 Å². The summed E-state index contributed by atoms with van der Waals surface area (Å²) in [6.07, 6.45) is 0.00285. The van der Waals surface area contributed by atoms with Crippen molar-refractivity contribution >= 4 is 28.1 Å². The van der Waals surface area contributed by atoms with Crippen LogP contribution in [0.5, 0.6) is 17.2 Å². The van der Waals surface area contributed by atoms with Crippen molar-refractivity contribution in [2.45, 2.75) is 26.1 Å². The molecular formula is C29H28N2O6. The van der Waals surface area contributed by atoms with Crippen molar-refractivity contribution in [2.24, 2.45) is 10.2 Å². The molecule has 2 N–H and O–H groups in total. The van der Waals surface area contributed by atoms with Crippen LogP contribution in [0.3, 0.4) is 0 Å². The number of hydrogen-bond acceptors (Lipinski definition) is 7. The van der Waals surface area contributed by atoms with Crippen LogP contribution in [-0.2, 0) is 22.4 Å². The monoisotopic (exact) mass is 500 g/mol. The Kier molecular flexibility index (Phi) is 8.33. The molecule has 0 radical (unpaired) electrons. The van der Waals surface area contributed by atoms with E-state index in [9.17, 15) is 15.0 Å². The molecule has 8 nitrogen and oxygen atoms in total. The van der Waals surface area contributed by atoms with Gasteiger partial charge in [-0.1, -0.05) is 36.4 Å². The first-order valence-electron chi connectivity index (χ1n) is 11.8. The van der Waals surface area contributed by atoms with Crippen molar-refractivity contribution < 1.29 is 29.2 Å². The summed E-state index contributed by atoms with van der Waals surface area (Å²) in [4.78, 5) is 11.6. The highest BCUT2D eigenvalue weighted by atomic mass is 16.7. The Morgan fingerprint density at radius 2 is 1.65 bits per heavy atom. The minimum absolute atomic E-state index is 0.198. The van der Waals surface area contributed by atoms with E-state index in [4.69, 9.17) is 14.2 Å². The number of aliphatic carboxylic acids is 1. The molecule has 1 unspecified atom stereocenters. The zero-order valence-electron chi connectivity index (χ0n) is 20.6. The molecule has 0 aromatic heterocycles. The number of methoxy groups -OCH3 is 1. The van der Waals surface area contributed by atoms with Crippen molar-refractivity contribution in [1.82, 2.24) is 0 Å². The van der Waals surface area contributed by atoms with Gasteiger partial charge in [-0.2, -0.15) is 10.2 Å². The van der Waals surface area contributed by atoms with E-state index in [0.717, 1.165) is 16.3 Å². The van der Waals surface area contributed by atoms with Crippen molar-refractivity contribution in [3.63, 3.8) is 0 Å². The van der Waals surface area contributed by atoms with E-state index in [1.165, 1.54) is 0 Å². The van der Waals surface area contributed by atoms with E-state index >= 15 is 0 Å². The zero-order valence-corrected chi connectivity index (χ0v) is 20.6. The van der Waals surface area contributed by atoms with E-state index in [1.54, 1.807) is 44.4 Å². The van der Waals surface area contributed by atoms with Crippen LogP contribution in [0.15, 0.2) is 89.1 Å². The number of phenolic OH excluding ortho intramolecular Hbond substituents is 1. The van der Waals surface area contributed by atoms with E-state index in [1.807, 2.05) is 48.5 Å². The maximum Gasteiger partial charge on any atom is 0.307 e. The summed E-state index contributed by atoms with van der Waals surface area (Å²) in [5.74, 6) is 0.472. The Balaban J connectivity index is 1.53. The largest absolute Gasteiger partial charge is 0.508 e. The lowest BCUT2D eigenvalue weighted by Crippen LogP contribution is -2.14. The molecule has 0 saturated carbocycles. The molecule has 37 heavy (non-hydrogen) atoms. The van der Waals surface area contributed by atoms with E-state index in [-0.39, 0.29) is 12.2 Å². The lowest BCUT2D eigenvalue weighted by molar-refractivity contribution is -0.136. The molecule has 0 amide bonds. The summed E-state index contributed by atoms with van der Waals surface area (Å²) in [5, 5.41) is 29.2. The molecule has 0 bridgehead atoms. The van der Waals surface area contributed by atoms with Crippen LogP contribution in [-0.4, -0.2) is 36.2 Å². The number of phenols is 1. The number of carboxylic acid groups (broad SMARTS) is 1. The summed E-state index contributed by atoms with van der Waals surface area (Å²) < 4.78 is 16.9. The maximum absolute atomic E-state index is 11.6. The number of carbonyl (C=O) groups is 1. The second kappa shape index (κ2) is 12.0. The van der Waals surface area contributed by atoms with Gasteiger partial charge >= 0.3 is 5.97 Å². The molecule has 190 valence electrons. The molecule has 0 aliphatic rings. The fourth-order valence-corrected chi connectivity index (χ4v) is 3.81. The van der Waals surface area contributed by atoms with Crippen LogP contribution < -0.4 is 9.47 Å². The van der Waals surface area contributed by atoms with Gasteiger partial charge in [0.25, 0.3) is 0 Å². The summed E-state index contributed by atoms with van der Waals surface area (Å²) in [6, 6.07) is 23.3. The van der Waals surface area contributed by atoms with E-state index in [2.05, 4.69) is 10.2 Å². The van der Waals surface area contributed by atoms with Gasteiger partial charge in [0, 0.05) is 25.0 Å². The first kappa shape index (κ1) is 25.7. The fraction of sp³-hybridized carbons (Fsp3) is 0.207. The molecule has 0 aliphatic carbocycles. The SMILES string of the molecule is COC(C)Oc1cc(N=Nc2ccc(CCOc3ccc(O)cc3)cc2)c(CC(=O)O)c2ccccc12. The van der Waals surface area contributed by atoms with Gasteiger partial charge in [0.1, 0.15) is 17.2 Å². The molecule has 4 aromatic rings. The van der Waals surface area contributed by atoms with Gasteiger partial charge in [0.15, 0.2) is 6.29 Å². The van der Waals surface area contributed by atoms with Crippen LogP contribution in [0.25, 0.3) is 10.8 Å². The fourth-order valence-electron chi connectivity index (χ4n) is 3.81. The third kappa shape index (κ3) is 6.83. The van der Waals surface area contributed by atoms with Crippen LogP contribution >= 0.6 is 0 Å². The van der Waals surface area contributed by atoms with Crippen molar-refractivity contribution in [3.8, 4) is 17.2 Å². The minimum atomic E-state index is -0.959. The van der Waals surface area contributed by atoms with Gasteiger partial charge in [-0.3, -0.25) is 4.79 Å². The van der Waals surface area contributed by atoms with Crippen molar-refractivity contribution in [1.29, 1.82) is 0 Å². The molecule has 0 saturated heterocycles. The quantitative estimate of drug-likeness (QED) is 0.178. The summed E-state index contributed by atoms with van der Waals surface area (Å²) >= 11 is 0. The first-order valence-corrected chi connectivity index (χ1v) is 11.8. The Hall–Kier alpha value is -4.43. The number of hydrogen-bond donors (Lipinski definition) is 2. The summed E-state index contributed by atoms with van der Waals surface area (Å²) in [6.45, 7) is 2.27. The van der Waals surface area contributed by atoms with Gasteiger partial charge in [-0.15, -0.1) is 0 Å². The topological polar surface area (TPSA) is 110 Å². The van der Waals surface area contributed by atoms with Gasteiger partial charge in [0.05, 0.1) is 24.4 Å². The highest BCUT2D eigenvalue weighted by Gasteiger charge is 2.17. The minimum Gasteiger partial charge on any atom is -0.508 e. The number of nitrogens with zero attached hydrogens (tertiary/aromatic N) is 2. The maximum atomic E-state index is 11.6. The molecule has 0 aliphatic heterocycles. The Morgan fingerprint density at radius 3 is 2.32 bits per heavy atom. The van der Waals surface area contributed by atoms with Crippen molar-refractivity contribution in [2.75, 3.05) is 13.7 Å². The van der Waals surface area contributed by atoms with Gasteiger partial charge in [-0.25, -0.2) is 0 Å². The zero-order chi connectivity index (χ0) is 26.2. The molecule has 1 atom stereocenters. The number of ether oxygens (including phenoxy) is 3. The van der Waals surface area contributed by atoms with Crippen LogP contribution in [0.1, 0.15) is 18.1 Å². The number of fused-ring (bicyclic) bond motifs is 1. The number of benzene rings is 4. The molecule has 4 aromatic carbocycles. The second-order valence-corrected chi connectivity index (χ2v) is 8.37. The average Bonchev–Trinajstić information content (AvgIpc) is 2.90. The lowest BCUT2D eigenvalue weighted by Gasteiger charge is -2.17. The summed E-state index contributed by atoms with van der Waals surface area (Å²) in [5.41, 5.74) is 2.68. The van der Waals surface area contributed by atoms with E-state index < -0.39 is 12.3 Å². The number of azo groups is 1. The third-order valence-electron chi connectivity index (χ3n) is 5.75. The van der Waals surface area contributed by atoms with Gasteiger partial charge in [0.2, 0.25) is 0 Å². The van der Waals surface area contributed by atoms with E-state index in [0.29, 0.717) is 41.5 Å². The Bertz CT molecular complexity index is 1380. The third-order valence-corrected chi connectivity index (χ3v) is 5.75. The number of aromatic hydroxyl groups is 1. The molecule has 4 rings (SSSR count). The predicted octanol–water partition coefficient (Wildman–Crippen LogP) is 6.58. The van der Waals surface area contributed by atoms with Gasteiger partial charge < -0.3 is 24.4 Å². The smallest absolute Gasteiger partial charge is 0.307 e. The molecule has 0 heterocycles. The molecular weight excluding hydrogens is 472 g/mol. The van der Waals surface area contributed by atoms with Crippen LogP contribution in [0.4, 0.5) is 11.4 Å². The molecule has 0 spiro atoms.